The van der Waals surface area contributed by atoms with Crippen molar-refractivity contribution >= 4 is 41.5 Å². The summed E-state index contributed by atoms with van der Waals surface area (Å²) in [6, 6.07) is 8.23. The number of likely N-dealkylation sites (N-methyl/N-ethyl adjacent to an activating group) is 1. The predicted molar refractivity (Wildman–Crippen MR) is 135 cm³/mol. The normalized spacial score (nSPS) is 19.5. The Morgan fingerprint density at radius 2 is 1.80 bits per heavy atom. The monoisotopic (exact) mass is 528 g/mol. The third kappa shape index (κ3) is 7.39. The number of nitrogens with one attached hydrogen (secondary N) is 2. The lowest BCUT2D eigenvalue weighted by molar-refractivity contribution is -0.117. The van der Waals surface area contributed by atoms with Crippen molar-refractivity contribution in [3.63, 3.8) is 0 Å². The number of nitrogens with zero attached hydrogens (tertiary/aromatic N) is 4. The van der Waals surface area contributed by atoms with Crippen LogP contribution in [0.3, 0.4) is 0 Å². The average molecular weight is 528 g/mol. The highest BCUT2D eigenvalue weighted by atomic mass is 127. The van der Waals surface area contributed by atoms with Crippen LogP contribution in [0, 0.1) is 5.92 Å². The molecule has 0 bridgehead atoms. The fourth-order valence-corrected chi connectivity index (χ4v) is 3.93. The van der Waals surface area contributed by atoms with Crippen LogP contribution in [0.4, 0.5) is 5.69 Å². The molecule has 8 heteroatoms. The van der Waals surface area contributed by atoms with Crippen molar-refractivity contribution < 1.29 is 4.79 Å². The van der Waals surface area contributed by atoms with Crippen LogP contribution in [0.1, 0.15) is 25.3 Å². The first-order chi connectivity index (χ1) is 14.0. The van der Waals surface area contributed by atoms with E-state index in [1.54, 1.807) is 0 Å². The van der Waals surface area contributed by atoms with E-state index in [0.29, 0.717) is 18.9 Å². The molecule has 1 unspecified atom stereocenters. The molecule has 2 saturated heterocycles. The largest absolute Gasteiger partial charge is 0.356 e. The number of carbonyl (C=O) groups excluding carboxylic acids is 1. The zero-order chi connectivity index (χ0) is 20.6. The average Bonchev–Trinajstić information content (AvgIpc) is 3.16. The molecule has 1 aromatic carbocycles. The summed E-state index contributed by atoms with van der Waals surface area (Å²) in [5.74, 6) is 1.62. The van der Waals surface area contributed by atoms with Gasteiger partial charge in [0.1, 0.15) is 0 Å². The first-order valence-electron chi connectivity index (χ1n) is 10.8. The van der Waals surface area contributed by atoms with E-state index in [4.69, 9.17) is 0 Å². The third-order valence-corrected chi connectivity index (χ3v) is 5.79. The molecule has 0 radical (unpaired) electrons. The number of rotatable bonds is 7. The van der Waals surface area contributed by atoms with Gasteiger partial charge in [-0.1, -0.05) is 19.1 Å². The van der Waals surface area contributed by atoms with Gasteiger partial charge in [-0.2, -0.15) is 0 Å². The number of hydrogen-bond acceptors (Lipinski definition) is 4. The van der Waals surface area contributed by atoms with Crippen LogP contribution < -0.4 is 15.5 Å². The number of benzene rings is 1. The van der Waals surface area contributed by atoms with E-state index in [-0.39, 0.29) is 29.9 Å². The van der Waals surface area contributed by atoms with Gasteiger partial charge < -0.3 is 25.3 Å². The van der Waals surface area contributed by atoms with Crippen LogP contribution in [0.25, 0.3) is 0 Å². The molecule has 0 aliphatic carbocycles. The fourth-order valence-electron chi connectivity index (χ4n) is 3.93. The number of aliphatic imine (C=N–C) groups is 1. The maximum Gasteiger partial charge on any atom is 0.227 e. The third-order valence-electron chi connectivity index (χ3n) is 5.79. The maximum absolute atomic E-state index is 11.9. The van der Waals surface area contributed by atoms with Crippen molar-refractivity contribution in [3.8, 4) is 0 Å². The highest BCUT2D eigenvalue weighted by Gasteiger charge is 2.21. The zero-order valence-corrected chi connectivity index (χ0v) is 20.9. The predicted octanol–water partition coefficient (Wildman–Crippen LogP) is 1.98. The number of piperazine rings is 1. The molecule has 0 saturated carbocycles. The van der Waals surface area contributed by atoms with Gasteiger partial charge in [0, 0.05) is 71.5 Å². The van der Waals surface area contributed by atoms with E-state index in [9.17, 15) is 4.79 Å². The van der Waals surface area contributed by atoms with Gasteiger partial charge in [0.25, 0.3) is 0 Å². The Bertz CT molecular complexity index is 687. The van der Waals surface area contributed by atoms with E-state index >= 15 is 0 Å². The summed E-state index contributed by atoms with van der Waals surface area (Å²) >= 11 is 0. The van der Waals surface area contributed by atoms with Gasteiger partial charge in [0.15, 0.2) is 5.96 Å². The standard InChI is InChI=1S/C22H36N6O.HI/c1-18(17-27-13-11-26(3)12-14-27)15-24-22(23-2)25-16-19-6-8-20(9-7-19)28-10-4-5-21(28)29;/h6-9,18H,4-5,10-17H2,1-3H3,(H2,23,24,25);1H. The summed E-state index contributed by atoms with van der Waals surface area (Å²) in [6.07, 6.45) is 1.62. The minimum Gasteiger partial charge on any atom is -0.356 e. The molecule has 2 aliphatic heterocycles. The Kier molecular flexibility index (Phi) is 10.3. The molecule has 30 heavy (non-hydrogen) atoms. The summed E-state index contributed by atoms with van der Waals surface area (Å²) in [6.45, 7) is 10.5. The summed E-state index contributed by atoms with van der Waals surface area (Å²) < 4.78 is 0. The van der Waals surface area contributed by atoms with Gasteiger partial charge in [0.2, 0.25) is 5.91 Å². The number of guanidine groups is 1. The Morgan fingerprint density at radius 1 is 1.10 bits per heavy atom. The van der Waals surface area contributed by atoms with Crippen LogP contribution in [-0.4, -0.2) is 81.6 Å². The molecule has 0 spiro atoms. The summed E-state index contributed by atoms with van der Waals surface area (Å²) in [7, 11) is 4.00. The van der Waals surface area contributed by atoms with Crippen LogP contribution in [0.5, 0.6) is 0 Å². The lowest BCUT2D eigenvalue weighted by Gasteiger charge is -2.34. The maximum atomic E-state index is 11.9. The molecule has 2 N–H and O–H groups in total. The quantitative estimate of drug-likeness (QED) is 0.322. The SMILES string of the molecule is CN=C(NCc1ccc(N2CCCC2=O)cc1)NCC(C)CN1CCN(C)CC1.I. The second-order valence-corrected chi connectivity index (χ2v) is 8.33. The van der Waals surface area contributed by atoms with Crippen molar-refractivity contribution in [2.75, 3.05) is 64.8 Å². The van der Waals surface area contributed by atoms with Crippen molar-refractivity contribution in [1.29, 1.82) is 0 Å². The van der Waals surface area contributed by atoms with E-state index in [2.05, 4.69) is 51.5 Å². The molecule has 0 aromatic heterocycles. The van der Waals surface area contributed by atoms with Gasteiger partial charge >= 0.3 is 0 Å². The number of carbonyl (C=O) groups is 1. The highest BCUT2D eigenvalue weighted by Crippen LogP contribution is 2.21. The van der Waals surface area contributed by atoms with Gasteiger partial charge in [-0.3, -0.25) is 9.79 Å². The number of hydrogen-bond donors (Lipinski definition) is 2. The molecular formula is C22H37IN6O. The van der Waals surface area contributed by atoms with Crippen molar-refractivity contribution in [2.45, 2.75) is 26.3 Å². The van der Waals surface area contributed by atoms with E-state index in [1.165, 1.54) is 5.56 Å². The molecule has 168 valence electrons. The molecule has 2 fully saturated rings. The fraction of sp³-hybridized carbons (Fsp3) is 0.636. The Labute approximate surface area is 198 Å². The number of anilines is 1. The van der Waals surface area contributed by atoms with Gasteiger partial charge in [-0.15, -0.1) is 24.0 Å². The Hall–Kier alpha value is -1.39. The summed E-state index contributed by atoms with van der Waals surface area (Å²) in [4.78, 5) is 23.0. The number of amides is 1. The van der Waals surface area contributed by atoms with Gasteiger partial charge in [-0.25, -0.2) is 0 Å². The molecule has 2 aliphatic rings. The number of halogens is 1. The van der Waals surface area contributed by atoms with Gasteiger partial charge in [-0.05, 0) is 37.1 Å². The molecule has 1 aromatic rings. The van der Waals surface area contributed by atoms with Crippen molar-refractivity contribution in [1.82, 2.24) is 20.4 Å². The van der Waals surface area contributed by atoms with Crippen molar-refractivity contribution in [3.05, 3.63) is 29.8 Å². The first kappa shape index (κ1) is 24.9. The summed E-state index contributed by atoms with van der Waals surface area (Å²) in [5, 5.41) is 6.84. The van der Waals surface area contributed by atoms with Crippen molar-refractivity contribution in [2.24, 2.45) is 10.9 Å². The minimum absolute atomic E-state index is 0. The molecule has 2 heterocycles. The zero-order valence-electron chi connectivity index (χ0n) is 18.6. The first-order valence-corrected chi connectivity index (χ1v) is 10.8. The lowest BCUT2D eigenvalue weighted by atomic mass is 10.1. The van der Waals surface area contributed by atoms with Crippen LogP contribution in [0.2, 0.25) is 0 Å². The molecule has 1 atom stereocenters. The van der Waals surface area contributed by atoms with Crippen LogP contribution in [0.15, 0.2) is 29.3 Å². The second kappa shape index (κ2) is 12.5. The molecular weight excluding hydrogens is 491 g/mol. The second-order valence-electron chi connectivity index (χ2n) is 8.33. The van der Waals surface area contributed by atoms with E-state index in [1.807, 2.05) is 24.1 Å². The Balaban J connectivity index is 0.00000320. The Morgan fingerprint density at radius 3 is 2.40 bits per heavy atom. The van der Waals surface area contributed by atoms with Crippen LogP contribution in [-0.2, 0) is 11.3 Å². The summed E-state index contributed by atoms with van der Waals surface area (Å²) in [5.41, 5.74) is 2.17. The van der Waals surface area contributed by atoms with Gasteiger partial charge in [0.05, 0.1) is 0 Å². The lowest BCUT2D eigenvalue weighted by Crippen LogP contribution is -2.47. The van der Waals surface area contributed by atoms with E-state index < -0.39 is 0 Å². The topological polar surface area (TPSA) is 63.2 Å². The minimum atomic E-state index is 0. The smallest absolute Gasteiger partial charge is 0.227 e. The van der Waals surface area contributed by atoms with Crippen LogP contribution >= 0.6 is 24.0 Å². The van der Waals surface area contributed by atoms with E-state index in [0.717, 1.165) is 63.9 Å². The molecule has 1 amide bonds. The molecule has 3 rings (SSSR count). The molecule has 7 nitrogen and oxygen atoms in total. The highest BCUT2D eigenvalue weighted by molar-refractivity contribution is 14.0.